The summed E-state index contributed by atoms with van der Waals surface area (Å²) < 4.78 is 0. The Labute approximate surface area is 119 Å². The highest BCUT2D eigenvalue weighted by atomic mass is 16.2. The summed E-state index contributed by atoms with van der Waals surface area (Å²) in [6.45, 7) is 2.76. The molecule has 2 atom stereocenters. The molecule has 5 heteroatoms. The fourth-order valence-corrected chi connectivity index (χ4v) is 2.93. The zero-order valence-electron chi connectivity index (χ0n) is 12.0. The molecule has 0 spiro atoms. The first-order chi connectivity index (χ1) is 9.66. The van der Waals surface area contributed by atoms with Gasteiger partial charge in [0.15, 0.2) is 0 Å². The smallest absolute Gasteiger partial charge is 0.272 e. The van der Waals surface area contributed by atoms with Crippen LogP contribution in [0.4, 0.5) is 0 Å². The van der Waals surface area contributed by atoms with Crippen molar-refractivity contribution in [2.24, 2.45) is 5.73 Å². The van der Waals surface area contributed by atoms with E-state index in [9.17, 15) is 4.79 Å². The van der Waals surface area contributed by atoms with E-state index in [2.05, 4.69) is 9.97 Å². The first-order valence-corrected chi connectivity index (χ1v) is 7.56. The molecule has 2 heterocycles. The number of rotatable bonds is 3. The summed E-state index contributed by atoms with van der Waals surface area (Å²) in [5.41, 5.74) is 6.56. The van der Waals surface area contributed by atoms with Gasteiger partial charge < -0.3 is 10.6 Å². The molecule has 2 aliphatic rings. The number of hydrogen-bond acceptors (Lipinski definition) is 4. The van der Waals surface area contributed by atoms with Crippen LogP contribution < -0.4 is 5.73 Å². The minimum absolute atomic E-state index is 0.00369. The Morgan fingerprint density at radius 2 is 2.20 bits per heavy atom. The second-order valence-electron chi connectivity index (χ2n) is 6.00. The maximum Gasteiger partial charge on any atom is 0.272 e. The lowest BCUT2D eigenvalue weighted by atomic mass is 9.96. The van der Waals surface area contributed by atoms with Crippen molar-refractivity contribution in [1.82, 2.24) is 14.9 Å². The Morgan fingerprint density at radius 1 is 1.40 bits per heavy atom. The first kappa shape index (κ1) is 13.5. The van der Waals surface area contributed by atoms with E-state index in [1.165, 1.54) is 0 Å². The molecular formula is C15H22N4O. The zero-order valence-corrected chi connectivity index (χ0v) is 12.0. The van der Waals surface area contributed by atoms with Gasteiger partial charge in [-0.2, -0.15) is 0 Å². The minimum Gasteiger partial charge on any atom is -0.333 e. The number of amides is 1. The van der Waals surface area contributed by atoms with Crippen LogP contribution in [-0.2, 0) is 0 Å². The molecule has 0 bridgehead atoms. The van der Waals surface area contributed by atoms with E-state index < -0.39 is 0 Å². The Hall–Kier alpha value is -1.49. The fraction of sp³-hybridized carbons (Fsp3) is 0.667. The Balaban J connectivity index is 1.81. The van der Waals surface area contributed by atoms with Gasteiger partial charge in [-0.05, 0) is 45.1 Å². The monoisotopic (exact) mass is 274 g/mol. The normalized spacial score (nSPS) is 24.5. The van der Waals surface area contributed by atoms with Gasteiger partial charge in [0.25, 0.3) is 5.91 Å². The molecule has 1 aliphatic carbocycles. The highest BCUT2D eigenvalue weighted by molar-refractivity contribution is 5.92. The summed E-state index contributed by atoms with van der Waals surface area (Å²) in [5.74, 6) is 1.30. The summed E-state index contributed by atoms with van der Waals surface area (Å²) in [6, 6.07) is 1.86. The van der Waals surface area contributed by atoms with E-state index in [-0.39, 0.29) is 18.0 Å². The standard InChI is InChI=1S/C15H22N4O/c1-10(16)13-4-2-3-9-19(13)15(20)12-7-8-17-14(18-12)11-5-6-11/h7-8,10-11,13H,2-6,9,16H2,1H3. The van der Waals surface area contributed by atoms with Crippen LogP contribution in [0.15, 0.2) is 12.3 Å². The molecule has 108 valence electrons. The number of nitrogens with two attached hydrogens (primary N) is 1. The van der Waals surface area contributed by atoms with Gasteiger partial charge in [0.2, 0.25) is 0 Å². The predicted octanol–water partition coefficient (Wildman–Crippen LogP) is 1.70. The Kier molecular flexibility index (Phi) is 3.70. The highest BCUT2D eigenvalue weighted by Crippen LogP contribution is 2.37. The van der Waals surface area contributed by atoms with Crippen LogP contribution in [0.25, 0.3) is 0 Å². The van der Waals surface area contributed by atoms with E-state index in [1.807, 2.05) is 11.8 Å². The molecule has 2 N–H and O–H groups in total. The molecule has 0 aromatic carbocycles. The van der Waals surface area contributed by atoms with Gasteiger partial charge in [-0.25, -0.2) is 9.97 Å². The average Bonchev–Trinajstić information content (AvgIpc) is 3.31. The summed E-state index contributed by atoms with van der Waals surface area (Å²) in [4.78, 5) is 23.3. The van der Waals surface area contributed by atoms with Crippen LogP contribution >= 0.6 is 0 Å². The third-order valence-corrected chi connectivity index (χ3v) is 4.25. The van der Waals surface area contributed by atoms with Crippen molar-refractivity contribution < 1.29 is 4.79 Å². The van der Waals surface area contributed by atoms with Gasteiger partial charge in [0, 0.05) is 30.7 Å². The van der Waals surface area contributed by atoms with Crippen LogP contribution in [0.1, 0.15) is 61.3 Å². The van der Waals surface area contributed by atoms with Crippen LogP contribution in [0.5, 0.6) is 0 Å². The van der Waals surface area contributed by atoms with Gasteiger partial charge in [-0.1, -0.05) is 0 Å². The molecule has 2 fully saturated rings. The van der Waals surface area contributed by atoms with Crippen molar-refractivity contribution >= 4 is 5.91 Å². The van der Waals surface area contributed by atoms with Crippen LogP contribution in [0.3, 0.4) is 0 Å². The number of nitrogens with zero attached hydrogens (tertiary/aromatic N) is 3. The van der Waals surface area contributed by atoms with Gasteiger partial charge in [-0.3, -0.25) is 4.79 Å². The molecule has 20 heavy (non-hydrogen) atoms. The van der Waals surface area contributed by atoms with Crippen molar-refractivity contribution in [2.75, 3.05) is 6.54 Å². The summed E-state index contributed by atoms with van der Waals surface area (Å²) in [6.07, 6.45) is 7.18. The second-order valence-corrected chi connectivity index (χ2v) is 6.00. The lowest BCUT2D eigenvalue weighted by Crippen LogP contribution is -2.51. The number of piperidine rings is 1. The minimum atomic E-state index is 0.00369. The zero-order chi connectivity index (χ0) is 14.1. The van der Waals surface area contributed by atoms with E-state index in [0.717, 1.165) is 44.5 Å². The Bertz CT molecular complexity index is 498. The van der Waals surface area contributed by atoms with Crippen molar-refractivity contribution in [3.63, 3.8) is 0 Å². The maximum atomic E-state index is 12.7. The summed E-state index contributed by atoms with van der Waals surface area (Å²) >= 11 is 0. The van der Waals surface area contributed by atoms with E-state index in [4.69, 9.17) is 5.73 Å². The van der Waals surface area contributed by atoms with Crippen LogP contribution in [0, 0.1) is 0 Å². The topological polar surface area (TPSA) is 72.1 Å². The van der Waals surface area contributed by atoms with Crippen LogP contribution in [0.2, 0.25) is 0 Å². The van der Waals surface area contributed by atoms with E-state index in [0.29, 0.717) is 11.6 Å². The molecule has 3 rings (SSSR count). The first-order valence-electron chi connectivity index (χ1n) is 7.56. The molecule has 2 unspecified atom stereocenters. The molecule has 0 radical (unpaired) electrons. The number of carbonyl (C=O) groups is 1. The Morgan fingerprint density at radius 3 is 2.90 bits per heavy atom. The third-order valence-electron chi connectivity index (χ3n) is 4.25. The molecule has 1 amide bonds. The second kappa shape index (κ2) is 5.48. The van der Waals surface area contributed by atoms with Crippen molar-refractivity contribution in [3.8, 4) is 0 Å². The molecule has 1 aliphatic heterocycles. The molecular weight excluding hydrogens is 252 g/mol. The maximum absolute atomic E-state index is 12.7. The third kappa shape index (κ3) is 2.68. The van der Waals surface area contributed by atoms with Crippen molar-refractivity contribution in [1.29, 1.82) is 0 Å². The number of likely N-dealkylation sites (tertiary alicyclic amines) is 1. The van der Waals surface area contributed by atoms with Gasteiger partial charge in [0.05, 0.1) is 0 Å². The summed E-state index contributed by atoms with van der Waals surface area (Å²) in [5, 5.41) is 0. The van der Waals surface area contributed by atoms with E-state index in [1.54, 1.807) is 12.3 Å². The molecule has 1 saturated heterocycles. The average molecular weight is 274 g/mol. The largest absolute Gasteiger partial charge is 0.333 e. The SMILES string of the molecule is CC(N)C1CCCCN1C(=O)c1ccnc(C2CC2)n1. The summed E-state index contributed by atoms with van der Waals surface area (Å²) in [7, 11) is 0. The molecule has 1 aromatic rings. The lowest BCUT2D eigenvalue weighted by molar-refractivity contribution is 0.0577. The predicted molar refractivity (Wildman–Crippen MR) is 76.3 cm³/mol. The fourth-order valence-electron chi connectivity index (χ4n) is 2.93. The van der Waals surface area contributed by atoms with Gasteiger partial charge >= 0.3 is 0 Å². The number of hydrogen-bond donors (Lipinski definition) is 1. The lowest BCUT2D eigenvalue weighted by Gasteiger charge is -2.37. The van der Waals surface area contributed by atoms with Crippen LogP contribution in [-0.4, -0.2) is 39.4 Å². The van der Waals surface area contributed by atoms with Gasteiger partial charge in [0.1, 0.15) is 11.5 Å². The number of aromatic nitrogens is 2. The van der Waals surface area contributed by atoms with Gasteiger partial charge in [-0.15, -0.1) is 0 Å². The van der Waals surface area contributed by atoms with Crippen molar-refractivity contribution in [2.45, 2.75) is 57.0 Å². The molecule has 1 saturated carbocycles. The van der Waals surface area contributed by atoms with Crippen molar-refractivity contribution in [3.05, 3.63) is 23.8 Å². The number of carbonyl (C=O) groups excluding carboxylic acids is 1. The van der Waals surface area contributed by atoms with E-state index >= 15 is 0 Å². The highest BCUT2D eigenvalue weighted by Gasteiger charge is 2.32. The molecule has 5 nitrogen and oxygen atoms in total. The molecule has 1 aromatic heterocycles. The quantitative estimate of drug-likeness (QED) is 0.910.